The molecule has 0 unspecified atom stereocenters. The number of hydrogen-bond acceptors (Lipinski definition) is 3. The van der Waals surface area contributed by atoms with Crippen LogP contribution >= 0.6 is 24.0 Å². The second-order valence-corrected chi connectivity index (χ2v) is 7.51. The predicted molar refractivity (Wildman–Crippen MR) is 115 cm³/mol. The highest BCUT2D eigenvalue weighted by atomic mass is 127. The monoisotopic (exact) mass is 468 g/mol. The van der Waals surface area contributed by atoms with Gasteiger partial charge < -0.3 is 20.3 Å². The first-order valence-electron chi connectivity index (χ1n) is 9.20. The maximum absolute atomic E-state index is 11.9. The van der Waals surface area contributed by atoms with Gasteiger partial charge in [0.15, 0.2) is 5.96 Å². The van der Waals surface area contributed by atoms with Crippen molar-refractivity contribution in [2.45, 2.75) is 47.0 Å². The van der Waals surface area contributed by atoms with Crippen molar-refractivity contribution >= 4 is 35.8 Å². The number of nitrogens with one attached hydrogen (secondary N) is 2. The Morgan fingerprint density at radius 2 is 1.88 bits per heavy atom. The summed E-state index contributed by atoms with van der Waals surface area (Å²) in [6.45, 7) is 12.6. The summed E-state index contributed by atoms with van der Waals surface area (Å²) in [5, 5.41) is 6.26. The molecule has 1 aliphatic heterocycles. The van der Waals surface area contributed by atoms with Crippen LogP contribution in [0.2, 0.25) is 0 Å². The van der Waals surface area contributed by atoms with Crippen molar-refractivity contribution < 1.29 is 9.53 Å². The summed E-state index contributed by atoms with van der Waals surface area (Å²) in [5.74, 6) is 1.74. The van der Waals surface area contributed by atoms with Crippen LogP contribution in [0.25, 0.3) is 0 Å². The Labute approximate surface area is 170 Å². The predicted octanol–water partition coefficient (Wildman–Crippen LogP) is 2.48. The molecule has 0 atom stereocenters. The Bertz CT molecular complexity index is 404. The van der Waals surface area contributed by atoms with Crippen LogP contribution in [0.5, 0.6) is 0 Å². The third-order valence-corrected chi connectivity index (χ3v) is 4.25. The zero-order valence-corrected chi connectivity index (χ0v) is 18.9. The lowest BCUT2D eigenvalue weighted by Crippen LogP contribution is -2.41. The lowest BCUT2D eigenvalue weighted by molar-refractivity contribution is -0.128. The molecule has 1 amide bonds. The fourth-order valence-electron chi connectivity index (χ4n) is 2.58. The Kier molecular flexibility index (Phi) is 12.4. The van der Waals surface area contributed by atoms with Gasteiger partial charge in [0.25, 0.3) is 0 Å². The van der Waals surface area contributed by atoms with E-state index >= 15 is 0 Å². The maximum atomic E-state index is 11.9. The molecular formula is C18H37IN4O2. The van der Waals surface area contributed by atoms with Crippen LogP contribution in [-0.4, -0.2) is 63.2 Å². The van der Waals surface area contributed by atoms with Crippen molar-refractivity contribution in [2.24, 2.45) is 16.3 Å². The zero-order chi connectivity index (χ0) is 18.0. The molecule has 2 N–H and O–H groups in total. The lowest BCUT2D eigenvalue weighted by atomic mass is 9.96. The van der Waals surface area contributed by atoms with Crippen LogP contribution in [0.15, 0.2) is 4.99 Å². The second-order valence-electron chi connectivity index (χ2n) is 7.51. The molecule has 1 fully saturated rings. The number of halogens is 1. The minimum absolute atomic E-state index is 0. The molecule has 1 aliphatic rings. The Balaban J connectivity index is 0.00000576. The van der Waals surface area contributed by atoms with Crippen LogP contribution in [-0.2, 0) is 9.53 Å². The number of carbonyl (C=O) groups excluding carboxylic acids is 1. The normalized spacial score (nSPS) is 16.1. The molecule has 0 aromatic rings. The average Bonchev–Trinajstić information content (AvgIpc) is 2.55. The van der Waals surface area contributed by atoms with E-state index in [0.717, 1.165) is 38.2 Å². The Morgan fingerprint density at radius 3 is 2.44 bits per heavy atom. The molecule has 7 heteroatoms. The Morgan fingerprint density at radius 1 is 1.24 bits per heavy atom. The Hall–Kier alpha value is -0.570. The minimum atomic E-state index is -0.352. The molecule has 0 radical (unpaired) electrons. The molecule has 0 bridgehead atoms. The molecule has 0 aliphatic carbocycles. The van der Waals surface area contributed by atoms with Crippen molar-refractivity contribution in [3.8, 4) is 0 Å². The molecule has 1 heterocycles. The molecule has 0 spiro atoms. The summed E-state index contributed by atoms with van der Waals surface area (Å²) in [6.07, 6.45) is 3.51. The quantitative estimate of drug-likeness (QED) is 0.261. The number of amides is 1. The van der Waals surface area contributed by atoms with Gasteiger partial charge in [-0.2, -0.15) is 0 Å². The van der Waals surface area contributed by atoms with Gasteiger partial charge in [-0.05, 0) is 32.1 Å². The van der Waals surface area contributed by atoms with E-state index in [9.17, 15) is 4.79 Å². The highest BCUT2D eigenvalue weighted by Gasteiger charge is 2.20. The third kappa shape index (κ3) is 10.2. The minimum Gasteiger partial charge on any atom is -0.381 e. The van der Waals surface area contributed by atoms with Crippen LogP contribution in [0, 0.1) is 11.3 Å². The number of carbonyl (C=O) groups is 1. The summed E-state index contributed by atoms with van der Waals surface area (Å²) < 4.78 is 5.42. The van der Waals surface area contributed by atoms with E-state index in [2.05, 4.69) is 34.5 Å². The highest BCUT2D eigenvalue weighted by Crippen LogP contribution is 2.18. The number of guanidine groups is 1. The molecule has 148 valence electrons. The van der Waals surface area contributed by atoms with Crippen molar-refractivity contribution in [3.63, 3.8) is 0 Å². The van der Waals surface area contributed by atoms with Gasteiger partial charge in [-0.3, -0.25) is 9.79 Å². The van der Waals surface area contributed by atoms with Crippen LogP contribution in [0.3, 0.4) is 0 Å². The van der Waals surface area contributed by atoms with Crippen LogP contribution in [0.1, 0.15) is 47.0 Å². The van der Waals surface area contributed by atoms with Crippen molar-refractivity contribution in [1.82, 2.24) is 15.5 Å². The summed E-state index contributed by atoms with van der Waals surface area (Å²) in [4.78, 5) is 18.7. The molecule has 6 nitrogen and oxygen atoms in total. The summed E-state index contributed by atoms with van der Waals surface area (Å²) in [6, 6.07) is 0. The molecule has 0 aromatic heterocycles. The number of ether oxygens (including phenoxy) is 1. The van der Waals surface area contributed by atoms with Crippen LogP contribution < -0.4 is 10.6 Å². The fourth-order valence-corrected chi connectivity index (χ4v) is 2.58. The van der Waals surface area contributed by atoms with Crippen molar-refractivity contribution in [3.05, 3.63) is 0 Å². The van der Waals surface area contributed by atoms with Crippen LogP contribution in [0.4, 0.5) is 0 Å². The topological polar surface area (TPSA) is 66.0 Å². The van der Waals surface area contributed by atoms with E-state index in [1.54, 1.807) is 0 Å². The maximum Gasteiger partial charge on any atom is 0.225 e. The average molecular weight is 468 g/mol. The second kappa shape index (κ2) is 12.7. The number of nitrogens with zero attached hydrogens (tertiary/aromatic N) is 2. The van der Waals surface area contributed by atoms with E-state index in [1.807, 2.05) is 20.8 Å². The van der Waals surface area contributed by atoms with Gasteiger partial charge in [-0.1, -0.05) is 20.8 Å². The fraction of sp³-hybridized carbons (Fsp3) is 0.889. The first-order valence-corrected chi connectivity index (χ1v) is 9.20. The van der Waals surface area contributed by atoms with Gasteiger partial charge in [-0.25, -0.2) is 0 Å². The van der Waals surface area contributed by atoms with Gasteiger partial charge >= 0.3 is 0 Å². The number of rotatable bonds is 7. The van der Waals surface area contributed by atoms with E-state index in [4.69, 9.17) is 4.74 Å². The first-order chi connectivity index (χ1) is 11.3. The number of aliphatic imine (C=N–C) groups is 1. The molecular weight excluding hydrogens is 431 g/mol. The van der Waals surface area contributed by atoms with Gasteiger partial charge in [-0.15, -0.1) is 24.0 Å². The SMILES string of the molecule is CCNC(=NCCNC(=O)C(C)(C)C)N(C)CCC1CCOCC1.I. The number of hydrogen-bond donors (Lipinski definition) is 2. The summed E-state index contributed by atoms with van der Waals surface area (Å²) in [5.41, 5.74) is -0.352. The van der Waals surface area contributed by atoms with E-state index in [1.165, 1.54) is 19.3 Å². The standard InChI is InChI=1S/C18H36N4O2.HI/c1-6-19-17(21-11-10-20-16(23)18(2,3)4)22(5)12-7-15-8-13-24-14-9-15;/h15H,6-14H2,1-5H3,(H,19,21)(H,20,23);1H. The van der Waals surface area contributed by atoms with Gasteiger partial charge in [0.1, 0.15) is 0 Å². The highest BCUT2D eigenvalue weighted by molar-refractivity contribution is 14.0. The van der Waals surface area contributed by atoms with Gasteiger partial charge in [0.05, 0.1) is 6.54 Å². The molecule has 25 heavy (non-hydrogen) atoms. The molecule has 1 rings (SSSR count). The molecule has 1 saturated heterocycles. The van der Waals surface area contributed by atoms with Gasteiger partial charge in [0.2, 0.25) is 5.91 Å². The van der Waals surface area contributed by atoms with Gasteiger partial charge in [0, 0.05) is 45.3 Å². The molecule has 0 aromatic carbocycles. The van der Waals surface area contributed by atoms with E-state index in [0.29, 0.717) is 13.1 Å². The zero-order valence-electron chi connectivity index (χ0n) is 16.6. The summed E-state index contributed by atoms with van der Waals surface area (Å²) >= 11 is 0. The molecule has 0 saturated carbocycles. The van der Waals surface area contributed by atoms with Crippen molar-refractivity contribution in [1.29, 1.82) is 0 Å². The first kappa shape index (κ1) is 24.4. The smallest absolute Gasteiger partial charge is 0.225 e. The van der Waals surface area contributed by atoms with E-state index in [-0.39, 0.29) is 35.3 Å². The third-order valence-electron chi connectivity index (χ3n) is 4.25. The summed E-state index contributed by atoms with van der Waals surface area (Å²) in [7, 11) is 2.08. The largest absolute Gasteiger partial charge is 0.381 e. The van der Waals surface area contributed by atoms with E-state index < -0.39 is 0 Å². The van der Waals surface area contributed by atoms with Crippen molar-refractivity contribution in [2.75, 3.05) is 46.4 Å². The lowest BCUT2D eigenvalue weighted by Gasteiger charge is -2.27.